The standard InChI is InChI=1S/C26H34ClF2N5O4S/c1-4-9-30-24(35)18-34(15-12-32(3)26(36)33-13-10-31(2)11-14-33)39(37)21-16-22(28)25(23(29)17-21)38-20-7-5-19(27)6-8-20/h5-8,16-17H,4,9-15,18H2,1-3H3,(H,30,35). The van der Waals surface area contributed by atoms with Crippen LogP contribution in [0, 0.1) is 11.6 Å². The SMILES string of the molecule is CCCNC(=O)CN(CCN(C)C(=O)N1CCN(C)CC1)S(=O)c1cc(F)c(Oc2ccc(Cl)cc2)c(F)c1. The molecule has 0 radical (unpaired) electrons. The second-order valence-electron chi connectivity index (χ2n) is 9.23. The molecule has 1 saturated heterocycles. The van der Waals surface area contributed by atoms with Gasteiger partial charge < -0.3 is 24.8 Å². The third-order valence-electron chi connectivity index (χ3n) is 6.12. The molecule has 2 aromatic rings. The van der Waals surface area contributed by atoms with E-state index in [0.717, 1.165) is 25.2 Å². The highest BCUT2D eigenvalue weighted by Crippen LogP contribution is 2.30. The summed E-state index contributed by atoms with van der Waals surface area (Å²) in [5.74, 6) is -2.96. The Bertz CT molecular complexity index is 1140. The molecule has 1 heterocycles. The molecule has 39 heavy (non-hydrogen) atoms. The normalized spacial score (nSPS) is 14.8. The van der Waals surface area contributed by atoms with Crippen LogP contribution in [0.15, 0.2) is 41.3 Å². The number of carbonyl (C=O) groups excluding carboxylic acids is 2. The van der Waals surface area contributed by atoms with Crippen LogP contribution >= 0.6 is 11.6 Å². The molecule has 3 amide bonds. The minimum atomic E-state index is -2.10. The van der Waals surface area contributed by atoms with Crippen LogP contribution in [-0.4, -0.2) is 102 Å². The summed E-state index contributed by atoms with van der Waals surface area (Å²) in [5, 5.41) is 3.15. The third kappa shape index (κ3) is 8.85. The van der Waals surface area contributed by atoms with Gasteiger partial charge in [0.2, 0.25) is 5.91 Å². The molecule has 1 atom stereocenters. The minimum Gasteiger partial charge on any atom is -0.451 e. The van der Waals surface area contributed by atoms with E-state index in [1.54, 1.807) is 11.9 Å². The Morgan fingerprint density at radius 2 is 1.69 bits per heavy atom. The Hall–Kier alpha value is -2.80. The molecule has 1 unspecified atom stereocenters. The highest BCUT2D eigenvalue weighted by atomic mass is 35.5. The van der Waals surface area contributed by atoms with E-state index in [1.165, 1.54) is 33.5 Å². The lowest BCUT2D eigenvalue weighted by Gasteiger charge is -2.35. The van der Waals surface area contributed by atoms with Gasteiger partial charge in [-0.05, 0) is 49.9 Å². The molecule has 0 saturated carbocycles. The van der Waals surface area contributed by atoms with Crippen molar-refractivity contribution < 1.29 is 27.3 Å². The van der Waals surface area contributed by atoms with Crippen LogP contribution in [0.1, 0.15) is 13.3 Å². The smallest absolute Gasteiger partial charge is 0.319 e. The van der Waals surface area contributed by atoms with Crippen molar-refractivity contribution in [3.05, 3.63) is 53.1 Å². The van der Waals surface area contributed by atoms with Crippen LogP contribution in [0.25, 0.3) is 0 Å². The predicted octanol–water partition coefficient (Wildman–Crippen LogP) is 3.56. The van der Waals surface area contributed by atoms with Crippen LogP contribution in [0.2, 0.25) is 5.02 Å². The van der Waals surface area contributed by atoms with E-state index >= 15 is 0 Å². The molecule has 1 aliphatic rings. The van der Waals surface area contributed by atoms with E-state index in [4.69, 9.17) is 16.3 Å². The topological polar surface area (TPSA) is 85.4 Å². The first-order chi connectivity index (χ1) is 18.6. The van der Waals surface area contributed by atoms with Crippen molar-refractivity contribution in [2.45, 2.75) is 18.2 Å². The Morgan fingerprint density at radius 3 is 2.28 bits per heavy atom. The van der Waals surface area contributed by atoms with Gasteiger partial charge >= 0.3 is 6.03 Å². The van der Waals surface area contributed by atoms with Gasteiger partial charge in [-0.3, -0.25) is 4.79 Å². The molecule has 9 nitrogen and oxygen atoms in total. The van der Waals surface area contributed by atoms with Crippen LogP contribution in [0.4, 0.5) is 13.6 Å². The number of likely N-dealkylation sites (N-methyl/N-ethyl adjacent to an activating group) is 2. The molecule has 0 aliphatic carbocycles. The minimum absolute atomic E-state index is 0.0361. The number of ether oxygens (including phenoxy) is 1. The zero-order chi connectivity index (χ0) is 28.5. The highest BCUT2D eigenvalue weighted by molar-refractivity contribution is 7.82. The number of urea groups is 1. The van der Waals surface area contributed by atoms with Crippen LogP contribution in [-0.2, 0) is 15.8 Å². The molecule has 0 spiro atoms. The largest absolute Gasteiger partial charge is 0.451 e. The van der Waals surface area contributed by atoms with Crippen molar-refractivity contribution >= 4 is 34.5 Å². The van der Waals surface area contributed by atoms with E-state index in [1.807, 2.05) is 14.0 Å². The van der Waals surface area contributed by atoms with Crippen molar-refractivity contribution in [1.29, 1.82) is 0 Å². The number of amides is 3. The first-order valence-corrected chi connectivity index (χ1v) is 14.1. The lowest BCUT2D eigenvalue weighted by Crippen LogP contribution is -2.52. The van der Waals surface area contributed by atoms with E-state index in [9.17, 15) is 22.6 Å². The van der Waals surface area contributed by atoms with Crippen molar-refractivity contribution in [2.75, 3.05) is 66.5 Å². The van der Waals surface area contributed by atoms with Gasteiger partial charge in [-0.1, -0.05) is 18.5 Å². The van der Waals surface area contributed by atoms with Gasteiger partial charge in [0.25, 0.3) is 0 Å². The van der Waals surface area contributed by atoms with Crippen molar-refractivity contribution in [3.63, 3.8) is 0 Å². The van der Waals surface area contributed by atoms with Crippen molar-refractivity contribution in [1.82, 2.24) is 24.3 Å². The summed E-state index contributed by atoms with van der Waals surface area (Å²) in [5.41, 5.74) is 0. The summed E-state index contributed by atoms with van der Waals surface area (Å²) >= 11 is 5.84. The number of nitrogens with one attached hydrogen (secondary N) is 1. The Balaban J connectivity index is 1.74. The lowest BCUT2D eigenvalue weighted by atomic mass is 10.3. The molecular formula is C26H34ClF2N5O4S. The molecule has 0 aromatic heterocycles. The maximum absolute atomic E-state index is 14.9. The van der Waals surface area contributed by atoms with E-state index in [0.29, 0.717) is 31.1 Å². The highest BCUT2D eigenvalue weighted by Gasteiger charge is 2.26. The number of benzene rings is 2. The fourth-order valence-corrected chi connectivity index (χ4v) is 5.12. The summed E-state index contributed by atoms with van der Waals surface area (Å²) in [6, 6.07) is 7.62. The molecule has 3 rings (SSSR count). The number of rotatable bonds is 11. The van der Waals surface area contributed by atoms with Crippen molar-refractivity contribution in [3.8, 4) is 11.5 Å². The Kier molecular flexibility index (Phi) is 11.5. The predicted molar refractivity (Wildman–Crippen MR) is 146 cm³/mol. The van der Waals surface area contributed by atoms with Gasteiger partial charge in [-0.15, -0.1) is 0 Å². The zero-order valence-corrected chi connectivity index (χ0v) is 23.9. The van der Waals surface area contributed by atoms with Gasteiger partial charge in [-0.25, -0.2) is 22.1 Å². The third-order valence-corrected chi connectivity index (χ3v) is 7.79. The summed E-state index contributed by atoms with van der Waals surface area (Å²) in [6.07, 6.45) is 0.711. The number of nitrogens with zero attached hydrogens (tertiary/aromatic N) is 4. The first-order valence-electron chi connectivity index (χ1n) is 12.6. The molecule has 0 bridgehead atoms. The molecule has 1 fully saturated rings. The number of hydrogen-bond acceptors (Lipinski definition) is 5. The maximum atomic E-state index is 14.9. The fraction of sp³-hybridized carbons (Fsp3) is 0.462. The second-order valence-corrected chi connectivity index (χ2v) is 11.2. The van der Waals surface area contributed by atoms with Crippen LogP contribution in [0.3, 0.4) is 0 Å². The Morgan fingerprint density at radius 1 is 1.08 bits per heavy atom. The van der Waals surface area contributed by atoms with Gasteiger partial charge in [0, 0.05) is 57.9 Å². The van der Waals surface area contributed by atoms with Gasteiger partial charge in [0.05, 0.1) is 11.4 Å². The summed E-state index contributed by atoms with van der Waals surface area (Å²) < 4.78 is 49.8. The molecule has 214 valence electrons. The molecule has 1 aliphatic heterocycles. The first kappa shape index (κ1) is 30.7. The zero-order valence-electron chi connectivity index (χ0n) is 22.3. The average Bonchev–Trinajstić information content (AvgIpc) is 2.92. The quantitative estimate of drug-likeness (QED) is 0.436. The van der Waals surface area contributed by atoms with E-state index in [2.05, 4.69) is 10.2 Å². The Labute approximate surface area is 235 Å². The molecule has 1 N–H and O–H groups in total. The molecular weight excluding hydrogens is 552 g/mol. The summed E-state index contributed by atoms with van der Waals surface area (Å²) in [7, 11) is 1.51. The maximum Gasteiger partial charge on any atom is 0.319 e. The number of hydrogen-bond donors (Lipinski definition) is 1. The summed E-state index contributed by atoms with van der Waals surface area (Å²) in [4.78, 5) is 30.5. The number of carbonyl (C=O) groups is 2. The second kappa shape index (κ2) is 14.5. The van der Waals surface area contributed by atoms with Gasteiger partial charge in [-0.2, -0.15) is 0 Å². The molecule has 13 heteroatoms. The van der Waals surface area contributed by atoms with Crippen LogP contribution in [0.5, 0.6) is 11.5 Å². The monoisotopic (exact) mass is 585 g/mol. The van der Waals surface area contributed by atoms with Crippen molar-refractivity contribution in [2.24, 2.45) is 0 Å². The lowest BCUT2D eigenvalue weighted by molar-refractivity contribution is -0.121. The summed E-state index contributed by atoms with van der Waals surface area (Å²) in [6.45, 7) is 4.96. The molecule has 2 aromatic carbocycles. The van der Waals surface area contributed by atoms with Crippen LogP contribution < -0.4 is 10.1 Å². The average molecular weight is 586 g/mol. The van der Waals surface area contributed by atoms with Gasteiger partial charge in [0.15, 0.2) is 17.4 Å². The number of halogens is 3. The van der Waals surface area contributed by atoms with Gasteiger partial charge in [0.1, 0.15) is 16.7 Å². The van der Waals surface area contributed by atoms with E-state index < -0.39 is 28.4 Å². The number of piperazine rings is 1. The fourth-order valence-electron chi connectivity index (χ4n) is 3.80. The van der Waals surface area contributed by atoms with E-state index in [-0.39, 0.29) is 42.2 Å².